The van der Waals surface area contributed by atoms with Crippen LogP contribution in [-0.4, -0.2) is 10.9 Å². The molecule has 3 nitrogen and oxygen atoms in total. The molecule has 0 saturated heterocycles. The second kappa shape index (κ2) is 5.15. The number of carbonyl (C=O) groups is 1. The third-order valence-electron chi connectivity index (χ3n) is 5.46. The molecule has 0 atom stereocenters. The number of carbonyl (C=O) groups excluding carboxylic acids is 1. The quantitative estimate of drug-likeness (QED) is 0.423. The fourth-order valence-electron chi connectivity index (χ4n) is 3.98. The molecule has 0 fully saturated rings. The van der Waals surface area contributed by atoms with E-state index in [4.69, 9.17) is 4.98 Å². The lowest BCUT2D eigenvalue weighted by molar-refractivity contribution is 0.101. The number of anilines is 2. The van der Waals surface area contributed by atoms with Crippen molar-refractivity contribution in [1.29, 1.82) is 0 Å². The summed E-state index contributed by atoms with van der Waals surface area (Å²) in [7, 11) is 0. The third-order valence-corrected chi connectivity index (χ3v) is 5.46. The lowest BCUT2D eigenvalue weighted by atomic mass is 9.99. The van der Waals surface area contributed by atoms with Crippen molar-refractivity contribution in [3.05, 3.63) is 76.9 Å². The molecule has 3 heteroatoms. The van der Waals surface area contributed by atoms with Crippen LogP contribution in [0.25, 0.3) is 21.8 Å². The molecule has 0 spiro atoms. The Kier molecular flexibility index (Phi) is 2.99. The summed E-state index contributed by atoms with van der Waals surface area (Å²) in [5, 5.41) is 1.89. The lowest BCUT2D eigenvalue weighted by Gasteiger charge is -2.20. The minimum absolute atomic E-state index is 0.0305. The van der Waals surface area contributed by atoms with Crippen LogP contribution < -0.4 is 4.90 Å². The van der Waals surface area contributed by atoms with Crippen LogP contribution in [0.2, 0.25) is 0 Å². The Hall–Kier alpha value is -3.20. The molecule has 0 bridgehead atoms. The van der Waals surface area contributed by atoms with Gasteiger partial charge >= 0.3 is 0 Å². The van der Waals surface area contributed by atoms with Gasteiger partial charge in [0.1, 0.15) is 0 Å². The number of pyridine rings is 1. The van der Waals surface area contributed by atoms with Crippen LogP contribution in [0.15, 0.2) is 54.6 Å². The van der Waals surface area contributed by atoms with Gasteiger partial charge in [-0.05, 0) is 55.7 Å². The number of aromatic nitrogens is 1. The largest absolute Gasteiger partial charge is 0.276 e. The molecule has 0 saturated carbocycles. The molecule has 126 valence electrons. The SMILES string of the molecule is Cc1ccccc1N1C(=O)c2c3ccccc3nc3c(C)c(C)cc1c23. The van der Waals surface area contributed by atoms with Crippen LogP contribution in [0.5, 0.6) is 0 Å². The van der Waals surface area contributed by atoms with Gasteiger partial charge in [-0.2, -0.15) is 0 Å². The predicted molar refractivity (Wildman–Crippen MR) is 106 cm³/mol. The summed E-state index contributed by atoms with van der Waals surface area (Å²) < 4.78 is 0. The van der Waals surface area contributed by atoms with E-state index in [0.717, 1.165) is 55.4 Å². The topological polar surface area (TPSA) is 33.2 Å². The van der Waals surface area contributed by atoms with E-state index in [1.165, 1.54) is 0 Å². The monoisotopic (exact) mass is 338 g/mol. The van der Waals surface area contributed by atoms with E-state index in [2.05, 4.69) is 19.9 Å². The molecule has 0 radical (unpaired) electrons. The van der Waals surface area contributed by atoms with Crippen LogP contribution in [-0.2, 0) is 0 Å². The Morgan fingerprint density at radius 3 is 2.38 bits per heavy atom. The summed E-state index contributed by atoms with van der Waals surface area (Å²) in [5.74, 6) is 0.0305. The van der Waals surface area contributed by atoms with Crippen LogP contribution >= 0.6 is 0 Å². The minimum atomic E-state index is 0.0305. The Morgan fingerprint density at radius 2 is 1.58 bits per heavy atom. The van der Waals surface area contributed by atoms with E-state index in [1.807, 2.05) is 60.4 Å². The number of rotatable bonds is 1. The molecule has 0 unspecified atom stereocenters. The maximum atomic E-state index is 13.6. The number of hydrogen-bond acceptors (Lipinski definition) is 2. The summed E-state index contributed by atoms with van der Waals surface area (Å²) in [6.45, 7) is 6.21. The Morgan fingerprint density at radius 1 is 0.846 bits per heavy atom. The van der Waals surface area contributed by atoms with Gasteiger partial charge in [-0.1, -0.05) is 36.4 Å². The zero-order valence-electron chi connectivity index (χ0n) is 15.0. The van der Waals surface area contributed by atoms with Gasteiger partial charge in [-0.3, -0.25) is 9.69 Å². The average Bonchev–Trinajstić information content (AvgIpc) is 2.93. The molecule has 1 aliphatic rings. The Balaban J connectivity index is 1.97. The molecule has 1 aromatic heterocycles. The molecule has 1 amide bonds. The number of hydrogen-bond donors (Lipinski definition) is 0. The van der Waals surface area contributed by atoms with Gasteiger partial charge in [0.25, 0.3) is 5.91 Å². The average molecular weight is 338 g/mol. The predicted octanol–water partition coefficient (Wildman–Crippen LogP) is 5.61. The first-order chi connectivity index (χ1) is 12.6. The Labute approximate surface area is 151 Å². The highest BCUT2D eigenvalue weighted by atomic mass is 16.2. The van der Waals surface area contributed by atoms with Crippen molar-refractivity contribution in [3.8, 4) is 0 Å². The molecule has 0 aliphatic carbocycles. The van der Waals surface area contributed by atoms with Crippen LogP contribution in [0, 0.1) is 20.8 Å². The summed E-state index contributed by atoms with van der Waals surface area (Å²) in [6.07, 6.45) is 0. The number of aryl methyl sites for hydroxylation is 3. The molecular weight excluding hydrogens is 320 g/mol. The number of para-hydroxylation sites is 2. The van der Waals surface area contributed by atoms with Gasteiger partial charge in [0.2, 0.25) is 0 Å². The van der Waals surface area contributed by atoms with E-state index in [-0.39, 0.29) is 5.91 Å². The standard InChI is InChI=1S/C23H18N2O/c1-13-8-4-7-11-18(13)25-19-12-14(2)15(3)22-21(19)20(23(25)26)16-9-5-6-10-17(16)24-22/h4-12H,1-3H3. The van der Waals surface area contributed by atoms with Gasteiger partial charge in [0.15, 0.2) is 0 Å². The molecule has 4 aromatic rings. The number of fused-ring (bicyclic) bond motifs is 2. The minimum Gasteiger partial charge on any atom is -0.276 e. The van der Waals surface area contributed by atoms with Gasteiger partial charge < -0.3 is 0 Å². The van der Waals surface area contributed by atoms with E-state index >= 15 is 0 Å². The lowest BCUT2D eigenvalue weighted by Crippen LogP contribution is -2.21. The number of amides is 1. The van der Waals surface area contributed by atoms with Crippen LogP contribution in [0.1, 0.15) is 27.0 Å². The molecule has 2 heterocycles. The second-order valence-electron chi connectivity index (χ2n) is 6.99. The van der Waals surface area contributed by atoms with Gasteiger partial charge in [-0.15, -0.1) is 0 Å². The van der Waals surface area contributed by atoms with Crippen molar-refractivity contribution in [1.82, 2.24) is 4.98 Å². The molecule has 5 rings (SSSR count). The summed E-state index contributed by atoms with van der Waals surface area (Å²) in [5.41, 5.74) is 7.81. The van der Waals surface area contributed by atoms with Crippen molar-refractivity contribution < 1.29 is 4.79 Å². The van der Waals surface area contributed by atoms with E-state index in [9.17, 15) is 4.79 Å². The van der Waals surface area contributed by atoms with Crippen molar-refractivity contribution >= 4 is 39.1 Å². The number of nitrogens with zero attached hydrogens (tertiary/aromatic N) is 2. The normalized spacial score (nSPS) is 13.2. The van der Waals surface area contributed by atoms with Crippen molar-refractivity contribution in [3.63, 3.8) is 0 Å². The third kappa shape index (κ3) is 1.83. The highest BCUT2D eigenvalue weighted by molar-refractivity contribution is 6.32. The fourth-order valence-corrected chi connectivity index (χ4v) is 3.98. The second-order valence-corrected chi connectivity index (χ2v) is 6.99. The maximum Gasteiger partial charge on any atom is 0.264 e. The first-order valence-corrected chi connectivity index (χ1v) is 8.80. The van der Waals surface area contributed by atoms with Gasteiger partial charge in [0, 0.05) is 10.8 Å². The van der Waals surface area contributed by atoms with Crippen molar-refractivity contribution in [2.45, 2.75) is 20.8 Å². The smallest absolute Gasteiger partial charge is 0.264 e. The molecule has 3 aromatic carbocycles. The zero-order valence-corrected chi connectivity index (χ0v) is 15.0. The van der Waals surface area contributed by atoms with Gasteiger partial charge in [0.05, 0.1) is 28.0 Å². The number of benzene rings is 3. The van der Waals surface area contributed by atoms with E-state index in [0.29, 0.717) is 0 Å². The summed E-state index contributed by atoms with van der Waals surface area (Å²) in [4.78, 5) is 20.3. The van der Waals surface area contributed by atoms with Crippen molar-refractivity contribution in [2.75, 3.05) is 4.90 Å². The van der Waals surface area contributed by atoms with Crippen molar-refractivity contribution in [2.24, 2.45) is 0 Å². The molecule has 0 N–H and O–H groups in total. The molecular formula is C23H18N2O. The van der Waals surface area contributed by atoms with Crippen LogP contribution in [0.4, 0.5) is 11.4 Å². The highest BCUT2D eigenvalue weighted by Crippen LogP contribution is 2.46. The van der Waals surface area contributed by atoms with Crippen LogP contribution in [0.3, 0.4) is 0 Å². The zero-order chi connectivity index (χ0) is 18.0. The summed E-state index contributed by atoms with van der Waals surface area (Å²) in [6, 6.07) is 18.1. The molecule has 26 heavy (non-hydrogen) atoms. The maximum absolute atomic E-state index is 13.6. The fraction of sp³-hybridized carbons (Fsp3) is 0.130. The first-order valence-electron chi connectivity index (χ1n) is 8.80. The van der Waals surface area contributed by atoms with E-state index < -0.39 is 0 Å². The summed E-state index contributed by atoms with van der Waals surface area (Å²) >= 11 is 0. The van der Waals surface area contributed by atoms with E-state index in [1.54, 1.807) is 0 Å². The molecule has 1 aliphatic heterocycles. The Bertz CT molecular complexity index is 1240. The van der Waals surface area contributed by atoms with Gasteiger partial charge in [-0.25, -0.2) is 4.98 Å². The highest BCUT2D eigenvalue weighted by Gasteiger charge is 2.35. The first kappa shape index (κ1) is 15.1.